The number of hydrogen-bond acceptors (Lipinski definition) is 3. The maximum atomic E-state index is 13.0. The molecule has 5 heteroatoms. The molecule has 2 aromatic carbocycles. The summed E-state index contributed by atoms with van der Waals surface area (Å²) in [6.45, 7) is 0. The molecule has 0 N–H and O–H groups in total. The molecule has 25 heavy (non-hydrogen) atoms. The predicted molar refractivity (Wildman–Crippen MR) is 99.4 cm³/mol. The van der Waals surface area contributed by atoms with E-state index in [-0.39, 0.29) is 11.9 Å². The quantitative estimate of drug-likeness (QED) is 0.624. The van der Waals surface area contributed by atoms with E-state index in [1.54, 1.807) is 23.4 Å². The highest BCUT2D eigenvalue weighted by molar-refractivity contribution is 9.10. The Kier molecular flexibility index (Phi) is 4.24. The fourth-order valence-electron chi connectivity index (χ4n) is 2.95. The molecular weight excluding hydrogens is 380 g/mol. The Hall–Kier alpha value is -2.66. The van der Waals surface area contributed by atoms with Crippen LogP contribution in [0.2, 0.25) is 0 Å². The lowest BCUT2D eigenvalue weighted by Gasteiger charge is -2.22. The van der Waals surface area contributed by atoms with Crippen molar-refractivity contribution >= 4 is 27.5 Å². The number of hydrogen-bond donors (Lipinski definition) is 0. The van der Waals surface area contributed by atoms with Gasteiger partial charge < -0.3 is 4.42 Å². The standard InChI is InChI=1S/C20H15BrN2O2/c21-16-10-8-15(9-11-16)20(24)23-18(14-5-2-1-3-6-14)13-17(22-23)19-7-4-12-25-19/h1-12,18H,13H2. The molecule has 2 heterocycles. The Morgan fingerprint density at radius 2 is 1.80 bits per heavy atom. The van der Waals surface area contributed by atoms with Gasteiger partial charge in [-0.25, -0.2) is 5.01 Å². The van der Waals surface area contributed by atoms with Gasteiger partial charge in [0.1, 0.15) is 11.5 Å². The van der Waals surface area contributed by atoms with Gasteiger partial charge in [-0.2, -0.15) is 5.10 Å². The summed E-state index contributed by atoms with van der Waals surface area (Å²) < 4.78 is 6.41. The van der Waals surface area contributed by atoms with Crippen molar-refractivity contribution < 1.29 is 9.21 Å². The number of furan rings is 1. The summed E-state index contributed by atoms with van der Waals surface area (Å²) in [7, 11) is 0. The molecule has 0 fully saturated rings. The molecule has 4 nitrogen and oxygen atoms in total. The second kappa shape index (κ2) is 6.69. The van der Waals surface area contributed by atoms with Crippen LogP contribution in [0.5, 0.6) is 0 Å². The van der Waals surface area contributed by atoms with Crippen molar-refractivity contribution in [2.45, 2.75) is 12.5 Å². The first-order chi connectivity index (χ1) is 12.2. The first-order valence-corrected chi connectivity index (χ1v) is 8.77. The molecule has 4 rings (SSSR count). The number of benzene rings is 2. The molecule has 0 bridgehead atoms. The average molecular weight is 395 g/mol. The maximum absolute atomic E-state index is 13.0. The van der Waals surface area contributed by atoms with Crippen LogP contribution in [0.1, 0.15) is 34.1 Å². The summed E-state index contributed by atoms with van der Waals surface area (Å²) in [6, 6.07) is 20.8. The molecule has 1 atom stereocenters. The molecule has 1 aliphatic heterocycles. The molecule has 1 amide bonds. The highest BCUT2D eigenvalue weighted by Gasteiger charge is 2.34. The smallest absolute Gasteiger partial charge is 0.274 e. The van der Waals surface area contributed by atoms with Crippen molar-refractivity contribution in [3.05, 3.63) is 94.4 Å². The van der Waals surface area contributed by atoms with Crippen molar-refractivity contribution in [2.24, 2.45) is 5.10 Å². The molecule has 0 saturated heterocycles. The lowest BCUT2D eigenvalue weighted by Crippen LogP contribution is -2.27. The molecule has 0 spiro atoms. The van der Waals surface area contributed by atoms with Crippen LogP contribution in [0, 0.1) is 0 Å². The lowest BCUT2D eigenvalue weighted by molar-refractivity contribution is 0.0711. The number of carbonyl (C=O) groups is 1. The highest BCUT2D eigenvalue weighted by Crippen LogP contribution is 2.34. The van der Waals surface area contributed by atoms with Gasteiger partial charge >= 0.3 is 0 Å². The molecule has 1 aliphatic rings. The summed E-state index contributed by atoms with van der Waals surface area (Å²) >= 11 is 3.40. The third-order valence-corrected chi connectivity index (χ3v) is 4.73. The summed E-state index contributed by atoms with van der Waals surface area (Å²) in [4.78, 5) is 13.0. The summed E-state index contributed by atoms with van der Waals surface area (Å²) in [5.41, 5.74) is 2.44. The van der Waals surface area contributed by atoms with Crippen LogP contribution < -0.4 is 0 Å². The van der Waals surface area contributed by atoms with Gasteiger partial charge in [0, 0.05) is 16.5 Å². The van der Waals surface area contributed by atoms with Gasteiger partial charge in [0.25, 0.3) is 5.91 Å². The molecule has 0 saturated carbocycles. The molecule has 1 unspecified atom stereocenters. The molecule has 0 radical (unpaired) electrons. The van der Waals surface area contributed by atoms with Crippen molar-refractivity contribution in [3.8, 4) is 0 Å². The maximum Gasteiger partial charge on any atom is 0.274 e. The van der Waals surface area contributed by atoms with Gasteiger partial charge in [0.2, 0.25) is 0 Å². The molecular formula is C20H15BrN2O2. The number of amides is 1. The molecule has 1 aromatic heterocycles. The van der Waals surface area contributed by atoms with E-state index >= 15 is 0 Å². The van der Waals surface area contributed by atoms with E-state index in [0.717, 1.165) is 15.7 Å². The number of hydrazone groups is 1. The number of nitrogens with zero attached hydrogens (tertiary/aromatic N) is 2. The third kappa shape index (κ3) is 3.15. The van der Waals surface area contributed by atoms with Crippen LogP contribution in [-0.2, 0) is 0 Å². The minimum absolute atomic E-state index is 0.122. The van der Waals surface area contributed by atoms with Gasteiger partial charge in [-0.05, 0) is 42.0 Å². The Morgan fingerprint density at radius 1 is 1.04 bits per heavy atom. The summed E-state index contributed by atoms with van der Waals surface area (Å²) in [6.07, 6.45) is 2.24. The zero-order chi connectivity index (χ0) is 17.2. The Bertz CT molecular complexity index is 903. The normalized spacial score (nSPS) is 16.8. The number of halogens is 1. The minimum atomic E-state index is -0.141. The van der Waals surface area contributed by atoms with E-state index in [4.69, 9.17) is 4.42 Å². The van der Waals surface area contributed by atoms with E-state index in [2.05, 4.69) is 21.0 Å². The van der Waals surface area contributed by atoms with Crippen LogP contribution in [0.3, 0.4) is 0 Å². The zero-order valence-corrected chi connectivity index (χ0v) is 14.9. The fraction of sp³-hybridized carbons (Fsp3) is 0.100. The third-order valence-electron chi connectivity index (χ3n) is 4.20. The van der Waals surface area contributed by atoms with Gasteiger partial charge in [0.15, 0.2) is 0 Å². The summed E-state index contributed by atoms with van der Waals surface area (Å²) in [5, 5.41) is 6.15. The Morgan fingerprint density at radius 3 is 2.48 bits per heavy atom. The van der Waals surface area contributed by atoms with E-state index in [9.17, 15) is 4.79 Å². The largest absolute Gasteiger partial charge is 0.463 e. The lowest BCUT2D eigenvalue weighted by atomic mass is 10.0. The van der Waals surface area contributed by atoms with Gasteiger partial charge in [-0.3, -0.25) is 4.79 Å². The second-order valence-electron chi connectivity index (χ2n) is 5.81. The second-order valence-corrected chi connectivity index (χ2v) is 6.73. The molecule has 3 aromatic rings. The fourth-order valence-corrected chi connectivity index (χ4v) is 3.21. The van der Waals surface area contributed by atoms with Crippen LogP contribution in [0.4, 0.5) is 0 Å². The van der Waals surface area contributed by atoms with Gasteiger partial charge in [0.05, 0.1) is 12.3 Å². The Labute approximate surface area is 153 Å². The SMILES string of the molecule is O=C(c1ccc(Br)cc1)N1N=C(c2ccco2)CC1c1ccccc1. The van der Waals surface area contributed by atoms with Crippen LogP contribution in [0.25, 0.3) is 0 Å². The highest BCUT2D eigenvalue weighted by atomic mass is 79.9. The predicted octanol–water partition coefficient (Wildman–Crippen LogP) is 5.03. The van der Waals surface area contributed by atoms with Crippen LogP contribution in [0.15, 0.2) is 87.0 Å². The number of carbonyl (C=O) groups excluding carboxylic acids is 1. The topological polar surface area (TPSA) is 45.8 Å². The van der Waals surface area contributed by atoms with Gasteiger partial charge in [-0.1, -0.05) is 46.3 Å². The van der Waals surface area contributed by atoms with Gasteiger partial charge in [-0.15, -0.1) is 0 Å². The van der Waals surface area contributed by atoms with E-state index in [1.165, 1.54) is 0 Å². The van der Waals surface area contributed by atoms with Crippen molar-refractivity contribution in [1.82, 2.24) is 5.01 Å². The molecule has 0 aliphatic carbocycles. The van der Waals surface area contributed by atoms with Crippen LogP contribution >= 0.6 is 15.9 Å². The summed E-state index contributed by atoms with van der Waals surface area (Å²) in [5.74, 6) is 0.579. The monoisotopic (exact) mass is 394 g/mol. The Balaban J connectivity index is 1.71. The first-order valence-electron chi connectivity index (χ1n) is 7.98. The van der Waals surface area contributed by atoms with Crippen molar-refractivity contribution in [1.29, 1.82) is 0 Å². The zero-order valence-electron chi connectivity index (χ0n) is 13.3. The van der Waals surface area contributed by atoms with E-state index in [1.807, 2.05) is 54.6 Å². The first kappa shape index (κ1) is 15.8. The number of rotatable bonds is 3. The molecule has 124 valence electrons. The average Bonchev–Trinajstić information content (AvgIpc) is 3.32. The minimum Gasteiger partial charge on any atom is -0.463 e. The van der Waals surface area contributed by atoms with Crippen LogP contribution in [-0.4, -0.2) is 16.6 Å². The van der Waals surface area contributed by atoms with Crippen molar-refractivity contribution in [2.75, 3.05) is 0 Å². The van der Waals surface area contributed by atoms with E-state index in [0.29, 0.717) is 17.7 Å². The van der Waals surface area contributed by atoms with Crippen molar-refractivity contribution in [3.63, 3.8) is 0 Å². The van der Waals surface area contributed by atoms with E-state index < -0.39 is 0 Å².